The molecule has 0 atom stereocenters. The van der Waals surface area contributed by atoms with E-state index in [1.165, 1.54) is 0 Å². The van der Waals surface area contributed by atoms with Gasteiger partial charge in [0.25, 0.3) is 0 Å². The number of benzene rings is 2. The van der Waals surface area contributed by atoms with Crippen molar-refractivity contribution >= 4 is 23.5 Å². The zero-order valence-corrected chi connectivity index (χ0v) is 17.6. The molecule has 0 unspecified atom stereocenters. The van der Waals surface area contributed by atoms with Crippen molar-refractivity contribution in [2.45, 2.75) is 17.2 Å². The Balaban J connectivity index is 1.23. The molecule has 4 aromatic rings. The molecule has 6 nitrogen and oxygen atoms in total. The van der Waals surface area contributed by atoms with Crippen LogP contribution in [-0.4, -0.2) is 22.5 Å². The molecule has 2 heterocycles. The number of hydrogen-bond acceptors (Lipinski definition) is 5. The number of amides is 2. The summed E-state index contributed by atoms with van der Waals surface area (Å²) in [6.45, 7) is 0.460. The van der Waals surface area contributed by atoms with E-state index in [1.54, 1.807) is 24.2 Å². The largest absolute Gasteiger partial charge is 0.444 e. The number of thioether (sulfide) groups is 1. The molecular formula is C24H22N4O2S. The molecule has 156 valence electrons. The number of anilines is 1. The molecular weight excluding hydrogens is 408 g/mol. The summed E-state index contributed by atoms with van der Waals surface area (Å²) in [5.74, 6) is 1.37. The molecule has 2 N–H and O–H groups in total. The lowest BCUT2D eigenvalue weighted by atomic mass is 10.2. The summed E-state index contributed by atoms with van der Waals surface area (Å²) in [6, 6.07) is 23.2. The number of oxazole rings is 1. The summed E-state index contributed by atoms with van der Waals surface area (Å²) in [7, 11) is 0. The minimum atomic E-state index is -0.249. The summed E-state index contributed by atoms with van der Waals surface area (Å²) >= 11 is 1.66. The van der Waals surface area contributed by atoms with Gasteiger partial charge in [-0.3, -0.25) is 0 Å². The van der Waals surface area contributed by atoms with Crippen LogP contribution in [0.3, 0.4) is 0 Å². The fourth-order valence-corrected chi connectivity index (χ4v) is 3.75. The second-order valence-electron chi connectivity index (χ2n) is 6.80. The smallest absolute Gasteiger partial charge is 0.319 e. The van der Waals surface area contributed by atoms with Gasteiger partial charge in [0.2, 0.25) is 5.89 Å². The maximum absolute atomic E-state index is 12.2. The van der Waals surface area contributed by atoms with Gasteiger partial charge in [0.15, 0.2) is 0 Å². The second kappa shape index (κ2) is 10.4. The van der Waals surface area contributed by atoms with E-state index in [0.29, 0.717) is 18.9 Å². The van der Waals surface area contributed by atoms with Crippen LogP contribution >= 0.6 is 11.8 Å². The zero-order chi connectivity index (χ0) is 21.3. The Morgan fingerprint density at radius 2 is 1.87 bits per heavy atom. The van der Waals surface area contributed by atoms with Crippen LogP contribution in [0, 0.1) is 0 Å². The standard InChI is InChI=1S/C24H22N4O2S/c29-24(26-14-12-21-16-30-23(27-21)19-8-2-1-3-9-19)28-20-10-6-7-18(15-20)17-31-22-11-4-5-13-25-22/h1-11,13,15-16H,12,14,17H2,(H2,26,28,29). The summed E-state index contributed by atoms with van der Waals surface area (Å²) in [5.41, 5.74) is 3.60. The summed E-state index contributed by atoms with van der Waals surface area (Å²) in [5, 5.41) is 6.71. The second-order valence-corrected chi connectivity index (χ2v) is 7.79. The fraction of sp³-hybridized carbons (Fsp3) is 0.125. The van der Waals surface area contributed by atoms with Gasteiger partial charge in [-0.1, -0.05) is 36.4 Å². The average Bonchev–Trinajstić information content (AvgIpc) is 3.28. The third kappa shape index (κ3) is 6.20. The molecule has 0 aliphatic rings. The zero-order valence-electron chi connectivity index (χ0n) is 16.8. The van der Waals surface area contributed by atoms with Crippen molar-refractivity contribution in [3.8, 4) is 11.5 Å². The summed E-state index contributed by atoms with van der Waals surface area (Å²) in [4.78, 5) is 21.0. The highest BCUT2D eigenvalue weighted by Crippen LogP contribution is 2.22. The quantitative estimate of drug-likeness (QED) is 0.366. The van der Waals surface area contributed by atoms with E-state index in [0.717, 1.165) is 33.3 Å². The number of pyridine rings is 1. The minimum absolute atomic E-state index is 0.249. The summed E-state index contributed by atoms with van der Waals surface area (Å²) < 4.78 is 5.53. The Morgan fingerprint density at radius 3 is 2.71 bits per heavy atom. The van der Waals surface area contributed by atoms with E-state index in [9.17, 15) is 4.79 Å². The van der Waals surface area contributed by atoms with Crippen LogP contribution in [0.4, 0.5) is 10.5 Å². The molecule has 0 bridgehead atoms. The van der Waals surface area contributed by atoms with Crippen LogP contribution in [-0.2, 0) is 12.2 Å². The molecule has 2 amide bonds. The van der Waals surface area contributed by atoms with E-state index in [2.05, 4.69) is 20.6 Å². The third-order valence-corrected chi connectivity index (χ3v) is 5.46. The van der Waals surface area contributed by atoms with Gasteiger partial charge in [-0.05, 0) is 42.0 Å². The summed E-state index contributed by atoms with van der Waals surface area (Å²) in [6.07, 6.45) is 4.00. The molecule has 7 heteroatoms. The van der Waals surface area contributed by atoms with E-state index in [-0.39, 0.29) is 6.03 Å². The lowest BCUT2D eigenvalue weighted by molar-refractivity contribution is 0.252. The molecule has 0 aliphatic carbocycles. The van der Waals surface area contributed by atoms with Crippen LogP contribution in [0.2, 0.25) is 0 Å². The molecule has 0 saturated heterocycles. The Labute approximate surface area is 185 Å². The molecule has 0 fully saturated rings. The molecule has 0 spiro atoms. The van der Waals surface area contributed by atoms with E-state index < -0.39 is 0 Å². The Bertz CT molecular complexity index is 1120. The normalized spacial score (nSPS) is 10.6. The monoisotopic (exact) mass is 430 g/mol. The predicted molar refractivity (Wildman–Crippen MR) is 123 cm³/mol. The van der Waals surface area contributed by atoms with Crippen molar-refractivity contribution in [3.63, 3.8) is 0 Å². The SMILES string of the molecule is O=C(NCCc1coc(-c2ccccc2)n1)Nc1cccc(CSc2ccccn2)c1. The van der Waals surface area contributed by atoms with Crippen LogP contribution in [0.15, 0.2) is 94.7 Å². The third-order valence-electron chi connectivity index (χ3n) is 4.45. The maximum atomic E-state index is 12.2. The molecule has 0 saturated carbocycles. The van der Waals surface area contributed by atoms with E-state index in [1.807, 2.05) is 72.8 Å². The van der Waals surface area contributed by atoms with Crippen molar-refractivity contribution in [1.29, 1.82) is 0 Å². The average molecular weight is 431 g/mol. The van der Waals surface area contributed by atoms with Gasteiger partial charge >= 0.3 is 6.03 Å². The van der Waals surface area contributed by atoms with Crippen LogP contribution in [0.25, 0.3) is 11.5 Å². The first-order chi connectivity index (χ1) is 15.3. The molecule has 2 aromatic heterocycles. The maximum Gasteiger partial charge on any atom is 0.319 e. The number of nitrogens with one attached hydrogen (secondary N) is 2. The van der Waals surface area contributed by atoms with Gasteiger partial charge in [0.05, 0.1) is 10.7 Å². The Hall–Kier alpha value is -3.58. The molecule has 4 rings (SSSR count). The van der Waals surface area contributed by atoms with Crippen molar-refractivity contribution < 1.29 is 9.21 Å². The molecule has 31 heavy (non-hydrogen) atoms. The van der Waals surface area contributed by atoms with Gasteiger partial charge in [0, 0.05) is 36.2 Å². The highest BCUT2D eigenvalue weighted by molar-refractivity contribution is 7.98. The lowest BCUT2D eigenvalue weighted by Gasteiger charge is -2.08. The van der Waals surface area contributed by atoms with Crippen molar-refractivity contribution in [3.05, 3.63) is 96.5 Å². The number of urea groups is 1. The first-order valence-corrected chi connectivity index (χ1v) is 10.9. The fourth-order valence-electron chi connectivity index (χ4n) is 2.94. The lowest BCUT2D eigenvalue weighted by Crippen LogP contribution is -2.30. The first kappa shape index (κ1) is 20.7. The number of nitrogens with zero attached hydrogens (tertiary/aromatic N) is 2. The van der Waals surface area contributed by atoms with Crippen molar-refractivity contribution in [2.24, 2.45) is 0 Å². The first-order valence-electron chi connectivity index (χ1n) is 9.94. The van der Waals surface area contributed by atoms with E-state index in [4.69, 9.17) is 4.42 Å². The van der Waals surface area contributed by atoms with Crippen LogP contribution in [0.5, 0.6) is 0 Å². The molecule has 0 aliphatic heterocycles. The number of carbonyl (C=O) groups excluding carboxylic acids is 1. The van der Waals surface area contributed by atoms with Gasteiger partial charge in [-0.25, -0.2) is 14.8 Å². The number of carbonyl (C=O) groups is 1. The number of rotatable bonds is 8. The van der Waals surface area contributed by atoms with Crippen molar-refractivity contribution in [1.82, 2.24) is 15.3 Å². The number of hydrogen-bond donors (Lipinski definition) is 2. The van der Waals surface area contributed by atoms with Gasteiger partial charge in [-0.15, -0.1) is 11.8 Å². The molecule has 0 radical (unpaired) electrons. The Morgan fingerprint density at radius 1 is 1.00 bits per heavy atom. The Kier molecular flexibility index (Phi) is 6.97. The van der Waals surface area contributed by atoms with Crippen LogP contribution < -0.4 is 10.6 Å². The van der Waals surface area contributed by atoms with Crippen LogP contribution in [0.1, 0.15) is 11.3 Å². The highest BCUT2D eigenvalue weighted by atomic mass is 32.2. The van der Waals surface area contributed by atoms with Crippen molar-refractivity contribution in [2.75, 3.05) is 11.9 Å². The molecule has 2 aromatic carbocycles. The predicted octanol–water partition coefficient (Wildman–Crippen LogP) is 5.39. The highest BCUT2D eigenvalue weighted by Gasteiger charge is 2.07. The number of aromatic nitrogens is 2. The van der Waals surface area contributed by atoms with Gasteiger partial charge < -0.3 is 15.1 Å². The minimum Gasteiger partial charge on any atom is -0.444 e. The topological polar surface area (TPSA) is 80.0 Å². The van der Waals surface area contributed by atoms with E-state index >= 15 is 0 Å². The van der Waals surface area contributed by atoms with Gasteiger partial charge in [0.1, 0.15) is 6.26 Å². The van der Waals surface area contributed by atoms with Gasteiger partial charge in [-0.2, -0.15) is 0 Å².